The Balaban J connectivity index is 1.47. The van der Waals surface area contributed by atoms with Crippen LogP contribution >= 0.6 is 0 Å². The fraction of sp³-hybridized carbons (Fsp3) is 0.500. The van der Waals surface area contributed by atoms with E-state index in [2.05, 4.69) is 14.7 Å². The number of nitrogens with two attached hydrogens (primary N) is 1. The number of rotatable bonds is 5. The Morgan fingerprint density at radius 2 is 1.97 bits per heavy atom. The summed E-state index contributed by atoms with van der Waals surface area (Å²) in [7, 11) is 0. The molecule has 29 heavy (non-hydrogen) atoms. The maximum atomic E-state index is 12.7. The molecule has 152 valence electrons. The number of ether oxygens (including phenoxy) is 1. The van der Waals surface area contributed by atoms with Crippen LogP contribution in [0.2, 0.25) is 0 Å². The maximum Gasteiger partial charge on any atom is 0.387 e. The highest BCUT2D eigenvalue weighted by molar-refractivity contribution is 5.74. The van der Waals surface area contributed by atoms with Crippen molar-refractivity contribution < 1.29 is 18.3 Å². The van der Waals surface area contributed by atoms with Crippen LogP contribution in [0.3, 0.4) is 0 Å². The molecule has 2 saturated carbocycles. The summed E-state index contributed by atoms with van der Waals surface area (Å²) in [5.41, 5.74) is 7.82. The second kappa shape index (κ2) is 6.60. The van der Waals surface area contributed by atoms with Gasteiger partial charge in [0.1, 0.15) is 5.82 Å². The zero-order chi connectivity index (χ0) is 20.3. The van der Waals surface area contributed by atoms with Crippen molar-refractivity contribution in [1.82, 2.24) is 19.9 Å². The van der Waals surface area contributed by atoms with E-state index in [1.165, 1.54) is 12.3 Å². The van der Waals surface area contributed by atoms with Gasteiger partial charge in [0.25, 0.3) is 0 Å². The molecule has 2 unspecified atom stereocenters. The maximum absolute atomic E-state index is 12.7. The van der Waals surface area contributed by atoms with Gasteiger partial charge in [-0.3, -0.25) is 4.79 Å². The number of carbonyl (C=O) groups excluding carboxylic acids is 1. The second-order valence-electron chi connectivity index (χ2n) is 8.07. The molecule has 7 nitrogen and oxygen atoms in total. The van der Waals surface area contributed by atoms with Crippen molar-refractivity contribution in [3.8, 4) is 17.0 Å². The average Bonchev–Trinajstić information content (AvgIpc) is 3.60. The Hall–Kier alpha value is -2.84. The predicted molar refractivity (Wildman–Crippen MR) is 100 cm³/mol. The van der Waals surface area contributed by atoms with Gasteiger partial charge >= 0.3 is 6.61 Å². The summed E-state index contributed by atoms with van der Waals surface area (Å²) in [6.07, 6.45) is 3.62. The number of halogens is 2. The number of alkyl halides is 2. The highest BCUT2D eigenvalue weighted by Crippen LogP contribution is 2.58. The molecule has 0 aromatic carbocycles. The first kappa shape index (κ1) is 18.2. The van der Waals surface area contributed by atoms with E-state index in [1.54, 1.807) is 6.92 Å². The lowest BCUT2D eigenvalue weighted by atomic mass is 10.1. The van der Waals surface area contributed by atoms with Crippen molar-refractivity contribution in [2.24, 2.45) is 11.8 Å². The SMILES string of the molecule is CC(=O)N1CC2C(C1)C2c1cc(-c2cnc(N)c(OC(F)F)c2)nc(C2CC2)n1. The van der Waals surface area contributed by atoms with Gasteiger partial charge in [0.05, 0.1) is 5.69 Å². The van der Waals surface area contributed by atoms with Gasteiger partial charge in [-0.2, -0.15) is 8.78 Å². The van der Waals surface area contributed by atoms with Gasteiger partial charge in [-0.25, -0.2) is 15.0 Å². The fourth-order valence-corrected chi connectivity index (χ4v) is 4.34. The van der Waals surface area contributed by atoms with Gasteiger partial charge in [0, 0.05) is 49.3 Å². The van der Waals surface area contributed by atoms with E-state index in [0.29, 0.717) is 34.9 Å². The molecular formula is C20H21F2N5O2. The third-order valence-electron chi connectivity index (χ3n) is 6.08. The standard InChI is InChI=1S/C20H21F2N5O2/c1-9(28)27-7-12-13(8-27)17(12)15-5-14(25-19(26-15)10-2-3-10)11-4-16(29-20(21)22)18(23)24-6-11/h4-6,10,12-13,17,20H,2-3,7-8H2,1H3,(H2,23,24). The Morgan fingerprint density at radius 1 is 1.24 bits per heavy atom. The summed E-state index contributed by atoms with van der Waals surface area (Å²) in [6, 6.07) is 3.36. The van der Waals surface area contributed by atoms with E-state index in [1.807, 2.05) is 11.0 Å². The number of fused-ring (bicyclic) bond motifs is 1. The van der Waals surface area contributed by atoms with E-state index in [4.69, 9.17) is 10.7 Å². The van der Waals surface area contributed by atoms with Crippen molar-refractivity contribution in [2.45, 2.75) is 38.2 Å². The topological polar surface area (TPSA) is 94.2 Å². The van der Waals surface area contributed by atoms with E-state index < -0.39 is 6.61 Å². The first-order chi connectivity index (χ1) is 13.9. The minimum atomic E-state index is -2.98. The van der Waals surface area contributed by atoms with Gasteiger partial charge in [0.15, 0.2) is 11.6 Å². The molecule has 1 aliphatic heterocycles. The summed E-state index contributed by atoms with van der Waals surface area (Å²) in [5, 5.41) is 0. The molecule has 3 fully saturated rings. The van der Waals surface area contributed by atoms with Crippen LogP contribution in [-0.4, -0.2) is 45.5 Å². The molecule has 2 N–H and O–H groups in total. The molecular weight excluding hydrogens is 380 g/mol. The largest absolute Gasteiger partial charge is 0.431 e. The van der Waals surface area contributed by atoms with Crippen LogP contribution in [0.1, 0.15) is 43.1 Å². The average molecular weight is 401 g/mol. The van der Waals surface area contributed by atoms with Gasteiger partial charge in [-0.05, 0) is 36.8 Å². The third kappa shape index (κ3) is 3.38. The molecule has 5 rings (SSSR count). The molecule has 9 heteroatoms. The molecule has 2 atom stereocenters. The van der Waals surface area contributed by atoms with Gasteiger partial charge < -0.3 is 15.4 Å². The Labute approximate surface area is 166 Å². The minimum absolute atomic E-state index is 0.0909. The normalized spacial score (nSPS) is 25.2. The van der Waals surface area contributed by atoms with Crippen molar-refractivity contribution >= 4 is 11.7 Å². The van der Waals surface area contributed by atoms with Gasteiger partial charge in [-0.15, -0.1) is 0 Å². The van der Waals surface area contributed by atoms with Crippen LogP contribution in [0.25, 0.3) is 11.3 Å². The fourth-order valence-electron chi connectivity index (χ4n) is 4.34. The monoisotopic (exact) mass is 401 g/mol. The lowest BCUT2D eigenvalue weighted by Gasteiger charge is -2.18. The number of nitrogens with zero attached hydrogens (tertiary/aromatic N) is 4. The van der Waals surface area contributed by atoms with E-state index in [-0.39, 0.29) is 17.5 Å². The number of piperidine rings is 1. The van der Waals surface area contributed by atoms with Crippen molar-refractivity contribution in [2.75, 3.05) is 18.8 Å². The van der Waals surface area contributed by atoms with Crippen molar-refractivity contribution in [3.63, 3.8) is 0 Å². The first-order valence-corrected chi connectivity index (χ1v) is 9.76. The summed E-state index contributed by atoms with van der Waals surface area (Å²) in [4.78, 5) is 26.9. The van der Waals surface area contributed by atoms with Crippen LogP contribution < -0.4 is 10.5 Å². The summed E-state index contributed by atoms with van der Waals surface area (Å²) in [6.45, 7) is 0.144. The van der Waals surface area contributed by atoms with Crippen LogP contribution in [-0.2, 0) is 4.79 Å². The molecule has 2 aromatic heterocycles. The lowest BCUT2D eigenvalue weighted by Crippen LogP contribution is -2.29. The van der Waals surface area contributed by atoms with Crippen LogP contribution in [0, 0.1) is 11.8 Å². The lowest BCUT2D eigenvalue weighted by molar-refractivity contribution is -0.128. The predicted octanol–water partition coefficient (Wildman–Crippen LogP) is 2.79. The van der Waals surface area contributed by atoms with Crippen LogP contribution in [0.4, 0.5) is 14.6 Å². The zero-order valence-corrected chi connectivity index (χ0v) is 15.9. The number of anilines is 1. The molecule has 3 aliphatic rings. The number of nitrogen functional groups attached to an aromatic ring is 1. The number of amides is 1. The van der Waals surface area contributed by atoms with Crippen LogP contribution in [0.15, 0.2) is 18.3 Å². The summed E-state index contributed by atoms with van der Waals surface area (Å²) >= 11 is 0. The number of pyridine rings is 1. The number of hydrogen-bond acceptors (Lipinski definition) is 6. The molecule has 2 aromatic rings. The Bertz CT molecular complexity index is 969. The Morgan fingerprint density at radius 3 is 2.59 bits per heavy atom. The Kier molecular flexibility index (Phi) is 4.15. The molecule has 2 aliphatic carbocycles. The highest BCUT2D eigenvalue weighted by atomic mass is 19.3. The second-order valence-corrected chi connectivity index (χ2v) is 8.07. The molecule has 0 bridgehead atoms. The number of carbonyl (C=O) groups is 1. The molecule has 1 saturated heterocycles. The third-order valence-corrected chi connectivity index (χ3v) is 6.08. The molecule has 0 spiro atoms. The van der Waals surface area contributed by atoms with Crippen molar-refractivity contribution in [1.29, 1.82) is 0 Å². The number of likely N-dealkylation sites (tertiary alicyclic amines) is 1. The number of aromatic nitrogens is 3. The van der Waals surface area contributed by atoms with E-state index >= 15 is 0 Å². The smallest absolute Gasteiger partial charge is 0.387 e. The summed E-state index contributed by atoms with van der Waals surface area (Å²) in [5.74, 6) is 2.16. The summed E-state index contributed by atoms with van der Waals surface area (Å²) < 4.78 is 29.8. The minimum Gasteiger partial charge on any atom is -0.431 e. The van der Waals surface area contributed by atoms with Gasteiger partial charge in [0.2, 0.25) is 5.91 Å². The molecule has 1 amide bonds. The van der Waals surface area contributed by atoms with E-state index in [9.17, 15) is 13.6 Å². The zero-order valence-electron chi connectivity index (χ0n) is 15.9. The first-order valence-electron chi connectivity index (χ1n) is 9.76. The number of hydrogen-bond donors (Lipinski definition) is 1. The van der Waals surface area contributed by atoms with E-state index in [0.717, 1.165) is 37.4 Å². The van der Waals surface area contributed by atoms with Gasteiger partial charge in [-0.1, -0.05) is 0 Å². The quantitative estimate of drug-likeness (QED) is 0.828. The molecule has 0 radical (unpaired) electrons. The molecule has 3 heterocycles. The van der Waals surface area contributed by atoms with Crippen molar-refractivity contribution in [3.05, 3.63) is 29.8 Å². The highest BCUT2D eigenvalue weighted by Gasteiger charge is 2.57. The van der Waals surface area contributed by atoms with Crippen LogP contribution in [0.5, 0.6) is 5.75 Å².